The largest absolute Gasteiger partial charge is 0.365 e. The van der Waals surface area contributed by atoms with E-state index in [1.54, 1.807) is 6.07 Å². The smallest absolute Gasteiger partial charge is 0.149 e. The van der Waals surface area contributed by atoms with Crippen molar-refractivity contribution in [3.8, 4) is 0 Å². The summed E-state index contributed by atoms with van der Waals surface area (Å²) in [6.07, 6.45) is 3.20. The van der Waals surface area contributed by atoms with Crippen molar-refractivity contribution in [2.45, 2.75) is 32.4 Å². The molecule has 22 heavy (non-hydrogen) atoms. The molecule has 0 fully saturated rings. The van der Waals surface area contributed by atoms with Gasteiger partial charge in [0.1, 0.15) is 35.1 Å². The molecule has 1 unspecified atom stereocenters. The quantitative estimate of drug-likeness (QED) is 0.784. The molecule has 1 aliphatic heterocycles. The van der Waals surface area contributed by atoms with Crippen molar-refractivity contribution >= 4 is 16.7 Å². The van der Waals surface area contributed by atoms with E-state index in [4.69, 9.17) is 0 Å². The second-order valence-corrected chi connectivity index (χ2v) is 5.50. The second-order valence-electron chi connectivity index (χ2n) is 5.50. The lowest BCUT2D eigenvalue weighted by molar-refractivity contribution is 0.440. The monoisotopic (exact) mass is 298 g/mol. The molecule has 0 bridgehead atoms. The van der Waals surface area contributed by atoms with Crippen molar-refractivity contribution in [1.82, 2.24) is 24.7 Å². The van der Waals surface area contributed by atoms with Crippen LogP contribution in [0.25, 0.3) is 10.9 Å². The average molecular weight is 298 g/mol. The lowest BCUT2D eigenvalue weighted by atomic mass is 10.1. The van der Waals surface area contributed by atoms with Crippen LogP contribution in [0.4, 0.5) is 10.2 Å². The number of nitrogens with one attached hydrogen (secondary N) is 1. The summed E-state index contributed by atoms with van der Waals surface area (Å²) >= 11 is 0. The van der Waals surface area contributed by atoms with E-state index in [-0.39, 0.29) is 11.9 Å². The fourth-order valence-corrected chi connectivity index (χ4v) is 2.91. The number of rotatable bonds is 2. The molecule has 1 aromatic carbocycles. The molecule has 7 heteroatoms. The third-order valence-corrected chi connectivity index (χ3v) is 3.92. The van der Waals surface area contributed by atoms with E-state index in [1.165, 1.54) is 12.4 Å². The van der Waals surface area contributed by atoms with Crippen LogP contribution in [-0.4, -0.2) is 30.8 Å². The molecule has 1 aliphatic rings. The first kappa shape index (κ1) is 13.1. The maximum absolute atomic E-state index is 13.8. The van der Waals surface area contributed by atoms with Crippen LogP contribution in [0.15, 0.2) is 24.5 Å². The van der Waals surface area contributed by atoms with Crippen molar-refractivity contribution in [3.63, 3.8) is 0 Å². The van der Waals surface area contributed by atoms with E-state index in [0.29, 0.717) is 16.7 Å². The Balaban J connectivity index is 1.63. The van der Waals surface area contributed by atoms with Crippen LogP contribution in [0.2, 0.25) is 0 Å². The van der Waals surface area contributed by atoms with Crippen LogP contribution in [-0.2, 0) is 13.0 Å². The zero-order valence-electron chi connectivity index (χ0n) is 12.1. The summed E-state index contributed by atoms with van der Waals surface area (Å²) in [6, 6.07) is 5.10. The number of nitrogens with zero attached hydrogens (tertiary/aromatic N) is 5. The third-order valence-electron chi connectivity index (χ3n) is 3.92. The van der Waals surface area contributed by atoms with Crippen LogP contribution in [0, 0.1) is 12.7 Å². The molecule has 0 aliphatic carbocycles. The van der Waals surface area contributed by atoms with Crippen LogP contribution in [0.5, 0.6) is 0 Å². The molecular formula is C15H15FN6. The molecular weight excluding hydrogens is 283 g/mol. The van der Waals surface area contributed by atoms with E-state index in [2.05, 4.69) is 25.4 Å². The third kappa shape index (κ3) is 2.18. The first-order chi connectivity index (χ1) is 10.7. The summed E-state index contributed by atoms with van der Waals surface area (Å²) in [5.74, 6) is 2.15. The fraction of sp³-hybridized carbons (Fsp3) is 0.333. The lowest BCUT2D eigenvalue weighted by Crippen LogP contribution is -2.32. The second kappa shape index (κ2) is 5.01. The van der Waals surface area contributed by atoms with Crippen molar-refractivity contribution in [3.05, 3.63) is 42.0 Å². The first-order valence-corrected chi connectivity index (χ1v) is 7.27. The van der Waals surface area contributed by atoms with E-state index < -0.39 is 0 Å². The highest BCUT2D eigenvalue weighted by Crippen LogP contribution is 2.24. The Morgan fingerprint density at radius 3 is 3.14 bits per heavy atom. The topological polar surface area (TPSA) is 68.5 Å². The van der Waals surface area contributed by atoms with Gasteiger partial charge in [-0.15, -0.1) is 0 Å². The predicted octanol–water partition coefficient (Wildman–Crippen LogP) is 2.10. The Bertz CT molecular complexity index is 843. The number of fused-ring (bicyclic) bond motifs is 2. The molecule has 0 spiro atoms. The van der Waals surface area contributed by atoms with Gasteiger partial charge < -0.3 is 5.32 Å². The average Bonchev–Trinajstić information content (AvgIpc) is 2.88. The standard InChI is InChI=1S/C15H15FN6/c1-9-19-13-6-5-10(7-22(13)21-9)20-15-11-3-2-4-12(16)14(11)17-8-18-15/h2-4,8,10H,5-7H2,1H3,(H,17,18,20). The van der Waals surface area contributed by atoms with Gasteiger partial charge in [-0.1, -0.05) is 6.07 Å². The molecule has 0 saturated carbocycles. The number of para-hydroxylation sites is 1. The summed E-state index contributed by atoms with van der Waals surface area (Å²) in [4.78, 5) is 12.7. The lowest BCUT2D eigenvalue weighted by Gasteiger charge is -2.24. The van der Waals surface area contributed by atoms with Crippen molar-refractivity contribution in [1.29, 1.82) is 0 Å². The highest BCUT2D eigenvalue weighted by molar-refractivity contribution is 5.89. The maximum Gasteiger partial charge on any atom is 0.149 e. The molecule has 0 radical (unpaired) electrons. The molecule has 2 aromatic heterocycles. The van der Waals surface area contributed by atoms with Gasteiger partial charge in [0.05, 0.1) is 6.54 Å². The minimum atomic E-state index is -0.333. The normalized spacial score (nSPS) is 17.5. The minimum Gasteiger partial charge on any atom is -0.365 e. The zero-order chi connectivity index (χ0) is 15.1. The number of anilines is 1. The van der Waals surface area contributed by atoms with E-state index in [0.717, 1.165) is 31.0 Å². The van der Waals surface area contributed by atoms with Gasteiger partial charge in [0.25, 0.3) is 0 Å². The van der Waals surface area contributed by atoms with Gasteiger partial charge in [-0.3, -0.25) is 0 Å². The summed E-state index contributed by atoms with van der Waals surface area (Å²) in [7, 11) is 0. The number of benzene rings is 1. The molecule has 4 rings (SSSR count). The highest BCUT2D eigenvalue weighted by atomic mass is 19.1. The first-order valence-electron chi connectivity index (χ1n) is 7.27. The Morgan fingerprint density at radius 1 is 1.32 bits per heavy atom. The minimum absolute atomic E-state index is 0.190. The van der Waals surface area contributed by atoms with Gasteiger partial charge in [0, 0.05) is 17.8 Å². The molecule has 6 nitrogen and oxygen atoms in total. The fourth-order valence-electron chi connectivity index (χ4n) is 2.91. The number of aromatic nitrogens is 5. The van der Waals surface area contributed by atoms with Gasteiger partial charge in [-0.05, 0) is 25.5 Å². The van der Waals surface area contributed by atoms with Crippen molar-refractivity contribution < 1.29 is 4.39 Å². The highest BCUT2D eigenvalue weighted by Gasteiger charge is 2.21. The summed E-state index contributed by atoms with van der Waals surface area (Å²) in [6.45, 7) is 2.63. The van der Waals surface area contributed by atoms with Gasteiger partial charge >= 0.3 is 0 Å². The van der Waals surface area contributed by atoms with Crippen LogP contribution in [0.1, 0.15) is 18.1 Å². The van der Waals surface area contributed by atoms with Gasteiger partial charge in [-0.25, -0.2) is 24.0 Å². The molecule has 1 atom stereocenters. The Labute approximate surface area is 126 Å². The number of hydrogen-bond acceptors (Lipinski definition) is 5. The molecule has 112 valence electrons. The Hall–Kier alpha value is -2.57. The number of hydrogen-bond donors (Lipinski definition) is 1. The van der Waals surface area contributed by atoms with Crippen molar-refractivity contribution in [2.75, 3.05) is 5.32 Å². The number of halogens is 1. The Kier molecular flexibility index (Phi) is 2.99. The van der Waals surface area contributed by atoms with Gasteiger partial charge in [0.15, 0.2) is 0 Å². The molecule has 3 heterocycles. The zero-order valence-corrected chi connectivity index (χ0v) is 12.1. The molecule has 3 aromatic rings. The SMILES string of the molecule is Cc1nc2n(n1)CC(Nc1ncnc3c(F)cccc13)CC2. The van der Waals surface area contributed by atoms with Crippen molar-refractivity contribution in [2.24, 2.45) is 0 Å². The van der Waals surface area contributed by atoms with Gasteiger partial charge in [-0.2, -0.15) is 5.10 Å². The van der Waals surface area contributed by atoms with Crippen LogP contribution < -0.4 is 5.32 Å². The molecule has 0 amide bonds. The number of aryl methyl sites for hydroxylation is 2. The van der Waals surface area contributed by atoms with E-state index >= 15 is 0 Å². The Morgan fingerprint density at radius 2 is 2.23 bits per heavy atom. The van der Waals surface area contributed by atoms with E-state index in [9.17, 15) is 4.39 Å². The van der Waals surface area contributed by atoms with E-state index in [1.807, 2.05) is 17.7 Å². The molecule has 0 saturated heterocycles. The van der Waals surface area contributed by atoms with Gasteiger partial charge in [0.2, 0.25) is 0 Å². The summed E-state index contributed by atoms with van der Waals surface area (Å²) in [5.41, 5.74) is 0.341. The van der Waals surface area contributed by atoms with Crippen LogP contribution >= 0.6 is 0 Å². The summed E-state index contributed by atoms with van der Waals surface area (Å²) < 4.78 is 15.7. The molecule has 1 N–H and O–H groups in total. The van der Waals surface area contributed by atoms with Crippen LogP contribution in [0.3, 0.4) is 0 Å². The maximum atomic E-state index is 13.8. The predicted molar refractivity (Wildman–Crippen MR) is 80.0 cm³/mol. The summed E-state index contributed by atoms with van der Waals surface area (Å²) in [5, 5.41) is 8.48.